The summed E-state index contributed by atoms with van der Waals surface area (Å²) in [6.45, 7) is 5.59. The van der Waals surface area contributed by atoms with Gasteiger partial charge < -0.3 is 10.4 Å². The summed E-state index contributed by atoms with van der Waals surface area (Å²) in [5, 5.41) is 12.8. The third-order valence-corrected chi connectivity index (χ3v) is 3.73. The highest BCUT2D eigenvalue weighted by Crippen LogP contribution is 2.44. The lowest BCUT2D eigenvalue weighted by atomic mass is 10.0. The molecule has 0 spiro atoms. The first-order valence-corrected chi connectivity index (χ1v) is 6.07. The highest BCUT2D eigenvalue weighted by Gasteiger charge is 2.41. The second-order valence-electron chi connectivity index (χ2n) is 5.12. The second kappa shape index (κ2) is 4.56. The van der Waals surface area contributed by atoms with Crippen LogP contribution in [0.4, 0.5) is 0 Å². The van der Waals surface area contributed by atoms with Gasteiger partial charge >= 0.3 is 0 Å². The summed E-state index contributed by atoms with van der Waals surface area (Å²) in [5.41, 5.74) is 2.88. The van der Waals surface area contributed by atoms with Gasteiger partial charge in [0, 0.05) is 24.6 Å². The molecule has 1 atom stereocenters. The van der Waals surface area contributed by atoms with E-state index in [4.69, 9.17) is 0 Å². The zero-order chi connectivity index (χ0) is 11.6. The van der Waals surface area contributed by atoms with Crippen molar-refractivity contribution >= 4 is 0 Å². The molecule has 0 amide bonds. The summed E-state index contributed by atoms with van der Waals surface area (Å²) in [6, 6.07) is 8.84. The van der Waals surface area contributed by atoms with Gasteiger partial charge in [-0.3, -0.25) is 0 Å². The summed E-state index contributed by atoms with van der Waals surface area (Å²) >= 11 is 0. The lowest BCUT2D eigenvalue weighted by Crippen LogP contribution is -2.29. The number of hydrogen-bond acceptors (Lipinski definition) is 2. The minimum absolute atomic E-state index is 0.191. The van der Waals surface area contributed by atoms with Gasteiger partial charge in [0.25, 0.3) is 0 Å². The number of benzene rings is 1. The Labute approximate surface area is 97.7 Å². The molecule has 0 heterocycles. The van der Waals surface area contributed by atoms with Crippen molar-refractivity contribution < 1.29 is 5.11 Å². The molecular weight excluding hydrogens is 198 g/mol. The number of nitrogens with one attached hydrogen (secondary N) is 1. The fourth-order valence-corrected chi connectivity index (χ4v) is 2.12. The third kappa shape index (κ3) is 2.45. The number of aryl methyl sites for hydroxylation is 1. The predicted octanol–water partition coefficient (Wildman–Crippen LogP) is 2.42. The van der Waals surface area contributed by atoms with E-state index in [2.05, 4.69) is 43.4 Å². The molecule has 2 N–H and O–H groups in total. The first kappa shape index (κ1) is 11.6. The molecule has 1 aromatic carbocycles. The van der Waals surface area contributed by atoms with Crippen molar-refractivity contribution in [3.63, 3.8) is 0 Å². The molecule has 1 saturated carbocycles. The van der Waals surface area contributed by atoms with E-state index < -0.39 is 0 Å². The molecule has 0 radical (unpaired) electrons. The Morgan fingerprint density at radius 1 is 1.38 bits per heavy atom. The van der Waals surface area contributed by atoms with Crippen molar-refractivity contribution in [3.8, 4) is 0 Å². The smallest absolute Gasteiger partial charge is 0.0499 e. The minimum Gasteiger partial charge on any atom is -0.396 e. The average molecular weight is 219 g/mol. The number of rotatable bonds is 5. The molecule has 0 bridgehead atoms. The van der Waals surface area contributed by atoms with Crippen LogP contribution in [0.3, 0.4) is 0 Å². The van der Waals surface area contributed by atoms with Crippen LogP contribution in [0.25, 0.3) is 0 Å². The van der Waals surface area contributed by atoms with Gasteiger partial charge in [-0.15, -0.1) is 0 Å². The molecule has 0 aliphatic heterocycles. The van der Waals surface area contributed by atoms with Crippen LogP contribution in [0.5, 0.6) is 0 Å². The number of hydrogen-bond donors (Lipinski definition) is 2. The molecule has 0 saturated heterocycles. The Hall–Kier alpha value is -0.860. The summed E-state index contributed by atoms with van der Waals surface area (Å²) in [4.78, 5) is 0. The zero-order valence-electron chi connectivity index (χ0n) is 10.2. The standard InChI is InChI=1S/C14H21NO/c1-11-5-3-4-6-13(11)12(2)15-9-14(10-16)7-8-14/h3-6,12,15-16H,7-10H2,1-2H3. The molecule has 88 valence electrons. The normalized spacial score (nSPS) is 19.4. The molecule has 1 aliphatic carbocycles. The van der Waals surface area contributed by atoms with E-state index in [1.54, 1.807) is 0 Å². The Bertz CT molecular complexity index is 358. The summed E-state index contributed by atoms with van der Waals surface area (Å²) in [7, 11) is 0. The van der Waals surface area contributed by atoms with Gasteiger partial charge in [0.15, 0.2) is 0 Å². The fourth-order valence-electron chi connectivity index (χ4n) is 2.12. The van der Waals surface area contributed by atoms with Gasteiger partial charge in [-0.1, -0.05) is 24.3 Å². The molecule has 16 heavy (non-hydrogen) atoms. The summed E-state index contributed by atoms with van der Waals surface area (Å²) in [6.07, 6.45) is 2.33. The monoisotopic (exact) mass is 219 g/mol. The largest absolute Gasteiger partial charge is 0.396 e. The van der Waals surface area contributed by atoms with Crippen molar-refractivity contribution in [2.24, 2.45) is 5.41 Å². The van der Waals surface area contributed by atoms with Crippen LogP contribution in [0, 0.1) is 12.3 Å². The van der Waals surface area contributed by atoms with Gasteiger partial charge in [-0.25, -0.2) is 0 Å². The van der Waals surface area contributed by atoms with Gasteiger partial charge in [0.1, 0.15) is 0 Å². The molecule has 2 nitrogen and oxygen atoms in total. The van der Waals surface area contributed by atoms with Crippen LogP contribution in [-0.2, 0) is 0 Å². The van der Waals surface area contributed by atoms with E-state index in [-0.39, 0.29) is 5.41 Å². The second-order valence-corrected chi connectivity index (χ2v) is 5.12. The fraction of sp³-hybridized carbons (Fsp3) is 0.571. The zero-order valence-corrected chi connectivity index (χ0v) is 10.2. The molecule has 1 unspecified atom stereocenters. The Balaban J connectivity index is 1.93. The average Bonchev–Trinajstić information content (AvgIpc) is 3.07. The van der Waals surface area contributed by atoms with Crippen LogP contribution in [0.15, 0.2) is 24.3 Å². The maximum Gasteiger partial charge on any atom is 0.0499 e. The van der Waals surface area contributed by atoms with Gasteiger partial charge in [-0.05, 0) is 37.8 Å². The van der Waals surface area contributed by atoms with E-state index in [1.165, 1.54) is 11.1 Å². The molecule has 1 fully saturated rings. The molecule has 2 rings (SSSR count). The Morgan fingerprint density at radius 2 is 2.06 bits per heavy atom. The van der Waals surface area contributed by atoms with Gasteiger partial charge in [0.2, 0.25) is 0 Å². The van der Waals surface area contributed by atoms with E-state index in [9.17, 15) is 5.11 Å². The van der Waals surface area contributed by atoms with E-state index in [0.29, 0.717) is 12.6 Å². The maximum atomic E-state index is 9.25. The lowest BCUT2D eigenvalue weighted by Gasteiger charge is -2.20. The Kier molecular flexibility index (Phi) is 3.31. The van der Waals surface area contributed by atoms with E-state index >= 15 is 0 Å². The highest BCUT2D eigenvalue weighted by atomic mass is 16.3. The number of aliphatic hydroxyl groups excluding tert-OH is 1. The highest BCUT2D eigenvalue weighted by molar-refractivity contribution is 5.28. The molecule has 1 aromatic rings. The van der Waals surface area contributed by atoms with E-state index in [1.807, 2.05) is 0 Å². The maximum absolute atomic E-state index is 9.25. The van der Waals surface area contributed by atoms with Crippen molar-refractivity contribution in [2.75, 3.05) is 13.2 Å². The van der Waals surface area contributed by atoms with Crippen molar-refractivity contribution in [2.45, 2.75) is 32.7 Å². The first-order valence-electron chi connectivity index (χ1n) is 6.07. The lowest BCUT2D eigenvalue weighted by molar-refractivity contribution is 0.204. The van der Waals surface area contributed by atoms with Crippen LogP contribution in [-0.4, -0.2) is 18.3 Å². The first-order chi connectivity index (χ1) is 7.67. The van der Waals surface area contributed by atoms with Crippen molar-refractivity contribution in [1.29, 1.82) is 0 Å². The van der Waals surface area contributed by atoms with E-state index in [0.717, 1.165) is 19.4 Å². The van der Waals surface area contributed by atoms with Crippen LogP contribution in [0.1, 0.15) is 36.9 Å². The van der Waals surface area contributed by atoms with Crippen LogP contribution in [0.2, 0.25) is 0 Å². The molecule has 1 aliphatic rings. The summed E-state index contributed by atoms with van der Waals surface area (Å²) < 4.78 is 0. The molecular formula is C14H21NO. The molecule has 0 aromatic heterocycles. The number of aliphatic hydroxyl groups is 1. The molecule has 2 heteroatoms. The van der Waals surface area contributed by atoms with Gasteiger partial charge in [0.05, 0.1) is 0 Å². The van der Waals surface area contributed by atoms with Crippen molar-refractivity contribution in [3.05, 3.63) is 35.4 Å². The Morgan fingerprint density at radius 3 is 2.62 bits per heavy atom. The minimum atomic E-state index is 0.191. The van der Waals surface area contributed by atoms with Crippen LogP contribution < -0.4 is 5.32 Å². The quantitative estimate of drug-likeness (QED) is 0.797. The predicted molar refractivity (Wildman–Crippen MR) is 66.3 cm³/mol. The summed E-state index contributed by atoms with van der Waals surface area (Å²) in [5.74, 6) is 0. The topological polar surface area (TPSA) is 32.3 Å². The van der Waals surface area contributed by atoms with Crippen molar-refractivity contribution in [1.82, 2.24) is 5.32 Å². The third-order valence-electron chi connectivity index (χ3n) is 3.73. The van der Waals surface area contributed by atoms with Gasteiger partial charge in [-0.2, -0.15) is 0 Å². The SMILES string of the molecule is Cc1ccccc1C(C)NCC1(CO)CC1. The van der Waals surface area contributed by atoms with Crippen LogP contribution >= 0.6 is 0 Å².